The van der Waals surface area contributed by atoms with Gasteiger partial charge in [-0.25, -0.2) is 0 Å². The Kier molecular flexibility index (Phi) is 9.13. The summed E-state index contributed by atoms with van der Waals surface area (Å²) in [6.07, 6.45) is 4.49. The Labute approximate surface area is 98.4 Å². The summed E-state index contributed by atoms with van der Waals surface area (Å²) in [5.41, 5.74) is 2.73. The van der Waals surface area contributed by atoms with Crippen LogP contribution in [0.5, 0.6) is 0 Å². The molecular weight excluding hydrogens is 192 g/mol. The van der Waals surface area contributed by atoms with Gasteiger partial charge in [0.2, 0.25) is 0 Å². The maximum Gasteiger partial charge on any atom is 0 e. The molecule has 74 valence electrons. The van der Waals surface area contributed by atoms with Gasteiger partial charge in [-0.3, -0.25) is 0 Å². The molecule has 0 fully saturated rings. The van der Waals surface area contributed by atoms with Gasteiger partial charge in [-0.1, -0.05) is 38.0 Å². The zero-order chi connectivity index (χ0) is 9.72. The van der Waals surface area contributed by atoms with Crippen LogP contribution in [0.1, 0.15) is 34.6 Å². The minimum Gasteiger partial charge on any atom is -0.337 e. The van der Waals surface area contributed by atoms with E-state index >= 15 is 0 Å². The van der Waals surface area contributed by atoms with E-state index in [4.69, 9.17) is 0 Å². The van der Waals surface area contributed by atoms with E-state index < -0.39 is 0 Å². The first-order valence-electron chi connectivity index (χ1n) is 4.63. The predicted octanol–water partition coefficient (Wildman–Crippen LogP) is 4.00. The van der Waals surface area contributed by atoms with Crippen molar-refractivity contribution in [2.45, 2.75) is 34.6 Å². The summed E-state index contributed by atoms with van der Waals surface area (Å²) in [6, 6.07) is 0. The summed E-state index contributed by atoms with van der Waals surface area (Å²) in [7, 11) is 0. The fourth-order valence-electron chi connectivity index (χ4n) is 1.19. The molecule has 0 bridgehead atoms. The molecule has 0 aliphatic rings. The average molecular weight is 213 g/mol. The molecule has 0 radical (unpaired) electrons. The third-order valence-corrected chi connectivity index (χ3v) is 1.74. The molecule has 0 spiro atoms. The minimum atomic E-state index is 0. The maximum absolute atomic E-state index is 3.94. The molecule has 0 aromatic rings. The Hall–Kier alpha value is 0.194. The molecule has 0 aromatic heterocycles. The van der Waals surface area contributed by atoms with Gasteiger partial charge in [-0.05, 0) is 19.8 Å². The first-order valence-corrected chi connectivity index (χ1v) is 4.63. The van der Waals surface area contributed by atoms with E-state index in [-0.39, 0.29) is 21.7 Å². The van der Waals surface area contributed by atoms with Crippen LogP contribution in [0.15, 0.2) is 23.3 Å². The first kappa shape index (κ1) is 15.7. The molecule has 0 saturated heterocycles. The predicted molar refractivity (Wildman–Crippen MR) is 56.9 cm³/mol. The minimum absolute atomic E-state index is 0. The molecule has 0 rings (SSSR count). The summed E-state index contributed by atoms with van der Waals surface area (Å²) >= 11 is 0. The van der Waals surface area contributed by atoms with E-state index in [1.807, 2.05) is 0 Å². The maximum atomic E-state index is 3.94. The fourth-order valence-corrected chi connectivity index (χ4v) is 1.19. The number of hydrogen-bond donors (Lipinski definition) is 0. The Morgan fingerprint density at radius 2 is 1.38 bits per heavy atom. The largest absolute Gasteiger partial charge is 0.337 e. The zero-order valence-electron chi connectivity index (χ0n) is 9.52. The Morgan fingerprint density at radius 3 is 1.69 bits per heavy atom. The van der Waals surface area contributed by atoms with E-state index in [1.165, 1.54) is 11.1 Å². The van der Waals surface area contributed by atoms with Crippen LogP contribution in [-0.4, -0.2) is 0 Å². The van der Waals surface area contributed by atoms with Gasteiger partial charge in [0.05, 0.1) is 0 Å². The van der Waals surface area contributed by atoms with Crippen LogP contribution >= 0.6 is 0 Å². The number of allylic oxidation sites excluding steroid dienone is 4. The van der Waals surface area contributed by atoms with Crippen LogP contribution < -0.4 is 0 Å². The van der Waals surface area contributed by atoms with Crippen molar-refractivity contribution in [3.63, 3.8) is 0 Å². The molecule has 0 aromatic carbocycles. The van der Waals surface area contributed by atoms with Crippen molar-refractivity contribution in [2.24, 2.45) is 11.8 Å². The van der Waals surface area contributed by atoms with Crippen molar-refractivity contribution in [3.05, 3.63) is 30.2 Å². The van der Waals surface area contributed by atoms with Gasteiger partial charge in [0, 0.05) is 21.7 Å². The third kappa shape index (κ3) is 8.52. The molecule has 1 atom stereocenters. The summed E-state index contributed by atoms with van der Waals surface area (Å²) in [4.78, 5) is 0. The molecule has 0 N–H and O–H groups in total. The molecule has 0 aliphatic carbocycles. The Balaban J connectivity index is 0. The summed E-state index contributed by atoms with van der Waals surface area (Å²) in [5.74, 6) is 1.04. The molecule has 1 heteroatoms. The third-order valence-electron chi connectivity index (χ3n) is 1.74. The van der Waals surface area contributed by atoms with Crippen LogP contribution in [0.2, 0.25) is 0 Å². The fraction of sp³-hybridized carbons (Fsp3) is 0.583. The average Bonchev–Trinajstić information content (AvgIpc) is 1.84. The van der Waals surface area contributed by atoms with Crippen molar-refractivity contribution in [2.75, 3.05) is 0 Å². The molecule has 0 amide bonds. The quantitative estimate of drug-likeness (QED) is 0.377. The van der Waals surface area contributed by atoms with Gasteiger partial charge in [0.15, 0.2) is 0 Å². The van der Waals surface area contributed by atoms with Crippen LogP contribution in [0.25, 0.3) is 0 Å². The smallest absolute Gasteiger partial charge is 0 e. The normalized spacial score (nSPS) is 15.6. The van der Waals surface area contributed by atoms with E-state index in [9.17, 15) is 0 Å². The van der Waals surface area contributed by atoms with E-state index in [1.54, 1.807) is 0 Å². The zero-order valence-corrected chi connectivity index (χ0v) is 11.1. The second kappa shape index (κ2) is 7.58. The topological polar surface area (TPSA) is 0 Å². The van der Waals surface area contributed by atoms with E-state index in [2.05, 4.69) is 53.7 Å². The van der Waals surface area contributed by atoms with Gasteiger partial charge in [-0.2, -0.15) is 5.92 Å². The van der Waals surface area contributed by atoms with Gasteiger partial charge < -0.3 is 6.92 Å². The molecule has 0 heterocycles. The molecule has 0 saturated carbocycles. The Morgan fingerprint density at radius 1 is 1.00 bits per heavy atom. The molecule has 13 heavy (non-hydrogen) atoms. The molecular formula is C12H21Ti-. The van der Waals surface area contributed by atoms with Crippen molar-refractivity contribution in [3.8, 4) is 0 Å². The van der Waals surface area contributed by atoms with Crippen molar-refractivity contribution >= 4 is 0 Å². The Bertz CT molecular complexity index is 163. The van der Waals surface area contributed by atoms with Gasteiger partial charge in [-0.15, -0.1) is 6.08 Å². The van der Waals surface area contributed by atoms with Crippen LogP contribution in [0.3, 0.4) is 0 Å². The van der Waals surface area contributed by atoms with Gasteiger partial charge in [0.1, 0.15) is 0 Å². The van der Waals surface area contributed by atoms with Gasteiger partial charge in [0.25, 0.3) is 0 Å². The van der Waals surface area contributed by atoms with Crippen LogP contribution in [0.4, 0.5) is 0 Å². The van der Waals surface area contributed by atoms with E-state index in [0.717, 1.165) is 0 Å². The first-order chi connectivity index (χ1) is 5.43. The van der Waals surface area contributed by atoms with Crippen LogP contribution in [-0.2, 0) is 21.7 Å². The second-order valence-corrected chi connectivity index (χ2v) is 3.92. The molecule has 0 nitrogen and oxygen atoms in total. The van der Waals surface area contributed by atoms with Gasteiger partial charge >= 0.3 is 0 Å². The SMILES string of the molecule is [CH2-]C(C)C=C(C)C(C)=CC(C)C.[Ti]. The summed E-state index contributed by atoms with van der Waals surface area (Å²) in [5, 5.41) is 0. The summed E-state index contributed by atoms with van der Waals surface area (Å²) < 4.78 is 0. The van der Waals surface area contributed by atoms with E-state index in [0.29, 0.717) is 11.8 Å². The second-order valence-electron chi connectivity index (χ2n) is 3.92. The summed E-state index contributed by atoms with van der Waals surface area (Å²) in [6.45, 7) is 14.7. The molecule has 0 aliphatic heterocycles. The van der Waals surface area contributed by atoms with Crippen molar-refractivity contribution in [1.29, 1.82) is 0 Å². The van der Waals surface area contributed by atoms with Crippen molar-refractivity contribution < 1.29 is 21.7 Å². The molecule has 1 unspecified atom stereocenters. The van der Waals surface area contributed by atoms with Crippen LogP contribution in [0, 0.1) is 18.8 Å². The number of rotatable bonds is 3. The number of hydrogen-bond acceptors (Lipinski definition) is 0. The monoisotopic (exact) mass is 213 g/mol. The standard InChI is InChI=1S/C12H21.Ti/c1-9(2)7-11(5)12(6)8-10(3)4;/h7-10H,1H2,2-6H3;/q-1;. The van der Waals surface area contributed by atoms with Crippen molar-refractivity contribution in [1.82, 2.24) is 0 Å².